The number of carbonyl (C=O) groups is 1. The van der Waals surface area contributed by atoms with Gasteiger partial charge in [-0.2, -0.15) is 4.31 Å². The van der Waals surface area contributed by atoms with Crippen LogP contribution in [-0.4, -0.2) is 53.1 Å². The van der Waals surface area contributed by atoms with Crippen LogP contribution in [0.1, 0.15) is 36.9 Å². The number of benzene rings is 1. The van der Waals surface area contributed by atoms with Crippen LogP contribution in [0.15, 0.2) is 35.2 Å². The molecule has 1 fully saturated rings. The van der Waals surface area contributed by atoms with Gasteiger partial charge >= 0.3 is 0 Å². The topological polar surface area (TPSA) is 106 Å². The van der Waals surface area contributed by atoms with Crippen molar-refractivity contribution in [2.24, 2.45) is 7.05 Å². The van der Waals surface area contributed by atoms with E-state index in [4.69, 9.17) is 4.74 Å². The van der Waals surface area contributed by atoms with Crippen molar-refractivity contribution in [3.05, 3.63) is 41.6 Å². The molecule has 3 heterocycles. The van der Waals surface area contributed by atoms with Crippen LogP contribution in [0.5, 0.6) is 5.88 Å². The summed E-state index contributed by atoms with van der Waals surface area (Å²) in [5, 5.41) is 7.83. The molecule has 4 rings (SSSR count). The van der Waals surface area contributed by atoms with Crippen molar-refractivity contribution in [1.82, 2.24) is 19.1 Å². The molecule has 1 aliphatic heterocycles. The van der Waals surface area contributed by atoms with E-state index in [-0.39, 0.29) is 11.5 Å². The molecule has 1 amide bonds. The quantitative estimate of drug-likeness (QED) is 0.592. The van der Waals surface area contributed by atoms with E-state index in [1.165, 1.54) is 10.4 Å². The van der Waals surface area contributed by atoms with Gasteiger partial charge in [0.05, 0.1) is 10.3 Å². The highest BCUT2D eigenvalue weighted by Gasteiger charge is 2.25. The van der Waals surface area contributed by atoms with E-state index in [2.05, 4.69) is 15.4 Å². The number of sulfonamides is 1. The van der Waals surface area contributed by atoms with Gasteiger partial charge in [0.2, 0.25) is 15.9 Å². The van der Waals surface area contributed by atoms with Gasteiger partial charge in [-0.15, -0.1) is 5.10 Å². The molecule has 1 N–H and O–H groups in total. The molecule has 0 atom stereocenters. The van der Waals surface area contributed by atoms with Gasteiger partial charge in [0, 0.05) is 31.5 Å². The summed E-state index contributed by atoms with van der Waals surface area (Å²) in [4.78, 5) is 17.2. The van der Waals surface area contributed by atoms with E-state index in [1.807, 2.05) is 19.9 Å². The maximum absolute atomic E-state index is 13.0. The fraction of sp³-hybridized carbons (Fsp3) is 0.435. The lowest BCUT2D eigenvalue weighted by atomic mass is 10.2. The molecule has 10 heteroatoms. The number of fused-ring (bicyclic) bond motifs is 1. The number of pyridine rings is 1. The molecule has 0 bridgehead atoms. The molecular weight excluding hydrogens is 442 g/mol. The first-order valence-corrected chi connectivity index (χ1v) is 12.5. The number of rotatable bonds is 6. The third-order valence-electron chi connectivity index (χ3n) is 5.75. The van der Waals surface area contributed by atoms with Gasteiger partial charge in [0.15, 0.2) is 12.3 Å². The summed E-state index contributed by atoms with van der Waals surface area (Å²) in [5.41, 5.74) is 2.93. The number of carbonyl (C=O) groups excluding carboxylic acids is 1. The Morgan fingerprint density at radius 1 is 1.12 bits per heavy atom. The number of amides is 1. The monoisotopic (exact) mass is 471 g/mol. The highest BCUT2D eigenvalue weighted by molar-refractivity contribution is 7.89. The van der Waals surface area contributed by atoms with E-state index < -0.39 is 15.9 Å². The average molecular weight is 472 g/mol. The van der Waals surface area contributed by atoms with Gasteiger partial charge in [-0.1, -0.05) is 18.9 Å². The minimum atomic E-state index is -3.60. The van der Waals surface area contributed by atoms with Crippen LogP contribution in [-0.2, 0) is 21.9 Å². The van der Waals surface area contributed by atoms with E-state index in [1.54, 1.807) is 29.9 Å². The van der Waals surface area contributed by atoms with Crippen molar-refractivity contribution >= 4 is 32.7 Å². The Kier molecular flexibility index (Phi) is 6.66. The molecule has 0 unspecified atom stereocenters. The minimum absolute atomic E-state index is 0.177. The Morgan fingerprint density at radius 3 is 2.58 bits per heavy atom. The summed E-state index contributed by atoms with van der Waals surface area (Å²) in [6.07, 6.45) is 3.82. The van der Waals surface area contributed by atoms with Crippen LogP contribution in [0.25, 0.3) is 11.0 Å². The predicted molar refractivity (Wildman–Crippen MR) is 126 cm³/mol. The number of nitrogens with zero attached hydrogens (tertiary/aromatic N) is 4. The van der Waals surface area contributed by atoms with Gasteiger partial charge in [-0.3, -0.25) is 4.79 Å². The highest BCUT2D eigenvalue weighted by Crippen LogP contribution is 2.27. The van der Waals surface area contributed by atoms with Crippen LogP contribution in [0.4, 0.5) is 5.69 Å². The first-order valence-electron chi connectivity index (χ1n) is 11.1. The first kappa shape index (κ1) is 23.2. The zero-order chi connectivity index (χ0) is 23.6. The van der Waals surface area contributed by atoms with Crippen molar-refractivity contribution in [3.63, 3.8) is 0 Å². The number of hydrogen-bond donors (Lipinski definition) is 1. The summed E-state index contributed by atoms with van der Waals surface area (Å²) < 4.78 is 34.9. The Labute approximate surface area is 193 Å². The number of anilines is 1. The molecule has 1 saturated heterocycles. The minimum Gasteiger partial charge on any atom is -0.466 e. The average Bonchev–Trinajstić information content (AvgIpc) is 2.94. The Balaban J connectivity index is 1.45. The molecule has 2 aromatic heterocycles. The van der Waals surface area contributed by atoms with Crippen LogP contribution < -0.4 is 10.1 Å². The number of hydrogen-bond acceptors (Lipinski definition) is 6. The van der Waals surface area contributed by atoms with E-state index in [9.17, 15) is 13.2 Å². The van der Waals surface area contributed by atoms with Gasteiger partial charge in [-0.05, 0) is 56.5 Å². The number of aryl methyl sites for hydroxylation is 3. The molecule has 9 nitrogen and oxygen atoms in total. The normalized spacial score (nSPS) is 15.4. The van der Waals surface area contributed by atoms with E-state index in [0.717, 1.165) is 42.3 Å². The first-order chi connectivity index (χ1) is 15.8. The Bertz CT molecular complexity index is 1280. The van der Waals surface area contributed by atoms with Gasteiger partial charge < -0.3 is 10.1 Å². The summed E-state index contributed by atoms with van der Waals surface area (Å²) in [7, 11) is -1.82. The van der Waals surface area contributed by atoms with Crippen molar-refractivity contribution in [2.45, 2.75) is 44.4 Å². The zero-order valence-electron chi connectivity index (χ0n) is 19.2. The van der Waals surface area contributed by atoms with E-state index in [0.29, 0.717) is 30.3 Å². The third kappa shape index (κ3) is 5.01. The zero-order valence-corrected chi connectivity index (χ0v) is 20.0. The summed E-state index contributed by atoms with van der Waals surface area (Å²) in [6.45, 7) is 4.65. The van der Waals surface area contributed by atoms with Crippen molar-refractivity contribution in [1.29, 1.82) is 0 Å². The summed E-state index contributed by atoms with van der Waals surface area (Å²) in [6, 6.07) is 8.28. The lowest BCUT2D eigenvalue weighted by Crippen LogP contribution is -2.32. The molecule has 176 valence electrons. The molecule has 3 aromatic rings. The fourth-order valence-corrected chi connectivity index (χ4v) is 5.71. The fourth-order valence-electron chi connectivity index (χ4n) is 4.15. The molecule has 1 aromatic carbocycles. The molecule has 0 saturated carbocycles. The van der Waals surface area contributed by atoms with Gasteiger partial charge in [0.1, 0.15) is 0 Å². The van der Waals surface area contributed by atoms with Crippen LogP contribution in [0.3, 0.4) is 0 Å². The van der Waals surface area contributed by atoms with Crippen molar-refractivity contribution in [3.8, 4) is 5.88 Å². The van der Waals surface area contributed by atoms with Crippen molar-refractivity contribution in [2.75, 3.05) is 25.0 Å². The molecule has 1 aliphatic rings. The largest absolute Gasteiger partial charge is 0.466 e. The standard InChI is InChI=1S/C23H29N5O4S/c1-16-13-17(2)24-22-21(16)23(26-27(22)3)32-15-20(29)25-18-9-8-10-19(14-18)33(30,31)28-11-6-4-5-7-12-28/h8-10,13-14H,4-7,11-12,15H2,1-3H3,(H,25,29). The second kappa shape index (κ2) is 9.48. The lowest BCUT2D eigenvalue weighted by Gasteiger charge is -2.20. The van der Waals surface area contributed by atoms with Crippen LogP contribution >= 0.6 is 0 Å². The van der Waals surface area contributed by atoms with Crippen LogP contribution in [0, 0.1) is 13.8 Å². The second-order valence-electron chi connectivity index (χ2n) is 8.39. The van der Waals surface area contributed by atoms with E-state index >= 15 is 0 Å². The summed E-state index contributed by atoms with van der Waals surface area (Å²) in [5.74, 6) is -0.0685. The predicted octanol–water partition coefficient (Wildman–Crippen LogP) is 3.17. The maximum atomic E-state index is 13.0. The van der Waals surface area contributed by atoms with Gasteiger partial charge in [-0.25, -0.2) is 18.1 Å². The van der Waals surface area contributed by atoms with Crippen LogP contribution in [0.2, 0.25) is 0 Å². The van der Waals surface area contributed by atoms with Crippen molar-refractivity contribution < 1.29 is 17.9 Å². The Morgan fingerprint density at radius 2 is 1.85 bits per heavy atom. The van der Waals surface area contributed by atoms with Gasteiger partial charge in [0.25, 0.3) is 5.91 Å². The molecule has 0 spiro atoms. The number of aromatic nitrogens is 3. The molecule has 0 aliphatic carbocycles. The second-order valence-corrected chi connectivity index (χ2v) is 10.3. The molecule has 0 radical (unpaired) electrons. The smallest absolute Gasteiger partial charge is 0.262 e. The number of ether oxygens (including phenoxy) is 1. The third-order valence-corrected chi connectivity index (χ3v) is 7.64. The SMILES string of the molecule is Cc1cc(C)c2c(OCC(=O)Nc3cccc(S(=O)(=O)N4CCCCCC4)c3)nn(C)c2n1. The lowest BCUT2D eigenvalue weighted by molar-refractivity contribution is -0.118. The highest BCUT2D eigenvalue weighted by atomic mass is 32.2. The summed E-state index contributed by atoms with van der Waals surface area (Å²) >= 11 is 0. The molecular formula is C23H29N5O4S. The Hall–Kier alpha value is -2.98. The maximum Gasteiger partial charge on any atom is 0.262 e. The number of nitrogens with one attached hydrogen (secondary N) is 1. The molecule has 33 heavy (non-hydrogen) atoms.